The zero-order chi connectivity index (χ0) is 30.7. The zero-order valence-electron chi connectivity index (χ0n) is 24.4. The molecule has 0 fully saturated rings. The van der Waals surface area contributed by atoms with Crippen molar-refractivity contribution >= 4 is 39.3 Å². The van der Waals surface area contributed by atoms with E-state index in [1.807, 2.05) is 20.1 Å². The number of halogens is 1. The second-order valence-electron chi connectivity index (χ2n) is 9.55. The van der Waals surface area contributed by atoms with Crippen LogP contribution in [0.1, 0.15) is 39.2 Å². The summed E-state index contributed by atoms with van der Waals surface area (Å²) in [5.41, 5.74) is 0.453. The van der Waals surface area contributed by atoms with Crippen LogP contribution in [-0.4, -0.2) is 57.1 Å². The van der Waals surface area contributed by atoms with E-state index in [1.165, 1.54) is 47.0 Å². The lowest BCUT2D eigenvalue weighted by atomic mass is 10.1. The molecule has 0 aliphatic heterocycles. The van der Waals surface area contributed by atoms with Crippen molar-refractivity contribution in [2.45, 2.75) is 56.0 Å². The van der Waals surface area contributed by atoms with E-state index >= 15 is 0 Å². The first kappa shape index (κ1) is 32.9. The maximum atomic E-state index is 14.7. The maximum absolute atomic E-state index is 14.7. The molecule has 42 heavy (non-hydrogen) atoms. The largest absolute Gasteiger partial charge is 0.494 e. The Balaban J connectivity index is 2.02. The molecule has 3 rings (SSSR count). The molecule has 0 saturated carbocycles. The van der Waals surface area contributed by atoms with Gasteiger partial charge in [-0.25, -0.2) is 12.8 Å². The number of nitrogens with zero attached hydrogens (tertiary/aromatic N) is 2. The van der Waals surface area contributed by atoms with Crippen LogP contribution in [0.3, 0.4) is 0 Å². The van der Waals surface area contributed by atoms with Gasteiger partial charge in [-0.2, -0.15) is 0 Å². The van der Waals surface area contributed by atoms with E-state index in [1.54, 1.807) is 49.4 Å². The number of hydrogen-bond donors (Lipinski definition) is 1. The Bertz CT molecular complexity index is 1430. The van der Waals surface area contributed by atoms with Gasteiger partial charge in [-0.15, -0.1) is 11.8 Å². The van der Waals surface area contributed by atoms with Crippen molar-refractivity contribution in [1.82, 2.24) is 10.2 Å². The van der Waals surface area contributed by atoms with E-state index in [4.69, 9.17) is 4.74 Å². The summed E-state index contributed by atoms with van der Waals surface area (Å²) >= 11 is 1.48. The Morgan fingerprint density at radius 1 is 1.00 bits per heavy atom. The predicted molar refractivity (Wildman–Crippen MR) is 165 cm³/mol. The third-order valence-electron chi connectivity index (χ3n) is 6.66. The highest BCUT2D eigenvalue weighted by Crippen LogP contribution is 2.28. The summed E-state index contributed by atoms with van der Waals surface area (Å²) in [6.07, 6.45) is 3.52. The number of ether oxygens (including phenoxy) is 1. The molecule has 2 amide bonds. The maximum Gasteiger partial charge on any atom is 0.264 e. The summed E-state index contributed by atoms with van der Waals surface area (Å²) in [5.74, 6) is -1.04. The first-order chi connectivity index (χ1) is 20.1. The smallest absolute Gasteiger partial charge is 0.264 e. The molecule has 1 unspecified atom stereocenters. The Morgan fingerprint density at radius 3 is 2.26 bits per heavy atom. The third-order valence-corrected chi connectivity index (χ3v) is 9.19. The average molecular weight is 616 g/mol. The van der Waals surface area contributed by atoms with Gasteiger partial charge < -0.3 is 15.0 Å². The van der Waals surface area contributed by atoms with E-state index in [-0.39, 0.29) is 22.7 Å². The fourth-order valence-electron chi connectivity index (χ4n) is 4.21. The standard InChI is InChI=1S/C31H38FN3O5S2/c1-5-7-20-33-31(37)23(3)34(21-24-10-8-9-11-29(24)32)30(36)22-35(25-12-14-26(15-13-25)40-6-2)42(38,39)28-18-16-27(41-4)17-19-28/h8-19,23H,5-7,20-22H2,1-4H3,(H,33,37). The highest BCUT2D eigenvalue weighted by molar-refractivity contribution is 7.98. The van der Waals surface area contributed by atoms with Crippen molar-refractivity contribution in [2.24, 2.45) is 0 Å². The van der Waals surface area contributed by atoms with Gasteiger partial charge in [-0.1, -0.05) is 31.5 Å². The van der Waals surface area contributed by atoms with Gasteiger partial charge in [-0.05, 0) is 81.1 Å². The van der Waals surface area contributed by atoms with Gasteiger partial charge >= 0.3 is 0 Å². The highest BCUT2D eigenvalue weighted by Gasteiger charge is 2.33. The minimum atomic E-state index is -4.22. The molecular formula is C31H38FN3O5S2. The quantitative estimate of drug-likeness (QED) is 0.180. The molecule has 226 valence electrons. The van der Waals surface area contributed by atoms with Gasteiger partial charge in [0.25, 0.3) is 10.0 Å². The second kappa shape index (κ2) is 15.6. The number of rotatable bonds is 15. The number of sulfonamides is 1. The van der Waals surface area contributed by atoms with Gasteiger partial charge in [0.05, 0.1) is 17.2 Å². The fraction of sp³-hybridized carbons (Fsp3) is 0.355. The molecule has 0 bridgehead atoms. The number of carbonyl (C=O) groups is 2. The Hall–Kier alpha value is -3.57. The van der Waals surface area contributed by atoms with Crippen molar-refractivity contribution < 1.29 is 27.1 Å². The number of nitrogens with one attached hydrogen (secondary N) is 1. The SMILES string of the molecule is CCCCNC(=O)C(C)N(Cc1ccccc1F)C(=O)CN(c1ccc(OCC)cc1)S(=O)(=O)c1ccc(SC)cc1. The number of hydrogen-bond acceptors (Lipinski definition) is 6. The van der Waals surface area contributed by atoms with Crippen molar-refractivity contribution in [3.63, 3.8) is 0 Å². The molecule has 0 radical (unpaired) electrons. The molecule has 0 aromatic heterocycles. The summed E-state index contributed by atoms with van der Waals surface area (Å²) in [4.78, 5) is 29.1. The van der Waals surface area contributed by atoms with Gasteiger partial charge in [0.15, 0.2) is 0 Å². The topological polar surface area (TPSA) is 96.0 Å². The second-order valence-corrected chi connectivity index (χ2v) is 12.3. The Morgan fingerprint density at radius 2 is 1.67 bits per heavy atom. The van der Waals surface area contributed by atoms with E-state index in [0.29, 0.717) is 18.9 Å². The number of benzene rings is 3. The van der Waals surface area contributed by atoms with Gasteiger partial charge in [-0.3, -0.25) is 13.9 Å². The van der Waals surface area contributed by atoms with Gasteiger partial charge in [0.1, 0.15) is 24.2 Å². The van der Waals surface area contributed by atoms with Crippen LogP contribution >= 0.6 is 11.8 Å². The summed E-state index contributed by atoms with van der Waals surface area (Å²) < 4.78 is 49.1. The molecule has 0 aliphatic rings. The van der Waals surface area contributed by atoms with Crippen LogP contribution < -0.4 is 14.4 Å². The van der Waals surface area contributed by atoms with Crippen LogP contribution in [0.25, 0.3) is 0 Å². The van der Waals surface area contributed by atoms with Gasteiger partial charge in [0, 0.05) is 23.5 Å². The molecule has 0 aliphatic carbocycles. The van der Waals surface area contributed by atoms with Crippen molar-refractivity contribution in [3.05, 3.63) is 84.2 Å². The zero-order valence-corrected chi connectivity index (χ0v) is 26.0. The molecule has 11 heteroatoms. The molecule has 3 aromatic carbocycles. The van der Waals surface area contributed by atoms with E-state index < -0.39 is 40.2 Å². The molecular weight excluding hydrogens is 577 g/mol. The van der Waals surface area contributed by atoms with E-state index in [2.05, 4.69) is 5.32 Å². The van der Waals surface area contributed by atoms with Crippen LogP contribution in [0.4, 0.5) is 10.1 Å². The van der Waals surface area contributed by atoms with Crippen molar-refractivity contribution in [2.75, 3.05) is 30.3 Å². The fourth-order valence-corrected chi connectivity index (χ4v) is 6.03. The first-order valence-electron chi connectivity index (χ1n) is 13.8. The number of thioether (sulfide) groups is 1. The van der Waals surface area contributed by atoms with Crippen LogP contribution in [0.5, 0.6) is 5.75 Å². The number of amides is 2. The van der Waals surface area contributed by atoms with Crippen molar-refractivity contribution in [1.29, 1.82) is 0 Å². The molecule has 1 N–H and O–H groups in total. The number of carbonyl (C=O) groups excluding carboxylic acids is 2. The molecule has 1 atom stereocenters. The summed E-state index contributed by atoms with van der Waals surface area (Å²) in [7, 11) is -4.22. The minimum absolute atomic E-state index is 0.00740. The Kier molecular flexibility index (Phi) is 12.2. The molecule has 8 nitrogen and oxygen atoms in total. The number of unbranched alkanes of at least 4 members (excludes halogenated alkanes) is 1. The minimum Gasteiger partial charge on any atom is -0.494 e. The van der Waals surface area contributed by atoms with E-state index in [9.17, 15) is 22.4 Å². The predicted octanol–water partition coefficient (Wildman–Crippen LogP) is 5.48. The lowest BCUT2D eigenvalue weighted by molar-refractivity contribution is -0.139. The first-order valence-corrected chi connectivity index (χ1v) is 16.5. The molecule has 0 heterocycles. The monoisotopic (exact) mass is 615 g/mol. The summed E-state index contributed by atoms with van der Waals surface area (Å²) in [5, 5.41) is 2.81. The molecule has 0 saturated heterocycles. The van der Waals surface area contributed by atoms with Crippen LogP contribution in [0.2, 0.25) is 0 Å². The van der Waals surface area contributed by atoms with Crippen molar-refractivity contribution in [3.8, 4) is 5.75 Å². The Labute approximate surface area is 252 Å². The van der Waals surface area contributed by atoms with Crippen LogP contribution in [0, 0.1) is 5.82 Å². The number of anilines is 1. The summed E-state index contributed by atoms with van der Waals surface area (Å²) in [6.45, 7) is 5.43. The van der Waals surface area contributed by atoms with Crippen LogP contribution in [-0.2, 0) is 26.2 Å². The van der Waals surface area contributed by atoms with Crippen LogP contribution in [0.15, 0.2) is 82.6 Å². The summed E-state index contributed by atoms with van der Waals surface area (Å²) in [6, 6.07) is 17.8. The lowest BCUT2D eigenvalue weighted by Gasteiger charge is -2.32. The highest BCUT2D eigenvalue weighted by atomic mass is 32.2. The normalized spacial score (nSPS) is 11.9. The average Bonchev–Trinajstić information content (AvgIpc) is 2.99. The molecule has 0 spiro atoms. The molecule has 3 aromatic rings. The third kappa shape index (κ3) is 8.48. The van der Waals surface area contributed by atoms with E-state index in [0.717, 1.165) is 22.0 Å². The van der Waals surface area contributed by atoms with Gasteiger partial charge in [0.2, 0.25) is 11.8 Å². The lowest BCUT2D eigenvalue weighted by Crippen LogP contribution is -2.51.